The molecule has 0 bridgehead atoms. The van der Waals surface area contributed by atoms with Gasteiger partial charge in [-0.15, -0.1) is 0 Å². The maximum absolute atomic E-state index is 12.3. The predicted octanol–water partition coefficient (Wildman–Crippen LogP) is 0.515. The molecule has 0 unspecified atom stereocenters. The molecule has 0 spiro atoms. The number of methoxy groups -OCH3 is 2. The van der Waals surface area contributed by atoms with Crippen molar-refractivity contribution in [3.05, 3.63) is 29.6 Å². The van der Waals surface area contributed by atoms with Crippen LogP contribution in [0.5, 0.6) is 0 Å². The monoisotopic (exact) mass is 282 g/mol. The van der Waals surface area contributed by atoms with Crippen molar-refractivity contribution in [2.24, 2.45) is 0 Å². The molecule has 0 fully saturated rings. The fraction of sp³-hybridized carbons (Fsp3) is 0.462. The number of hydrogen-bond donors (Lipinski definition) is 1. The molecule has 0 saturated carbocycles. The Hall–Kier alpha value is -1.99. The Labute approximate surface area is 117 Å². The predicted molar refractivity (Wildman–Crippen MR) is 70.9 cm³/mol. The largest absolute Gasteiger partial charge is 0.477 e. The zero-order chi connectivity index (χ0) is 15.0. The van der Waals surface area contributed by atoms with E-state index in [1.165, 1.54) is 18.3 Å². The second kappa shape index (κ2) is 8.23. The number of carbonyl (C=O) groups is 2. The van der Waals surface area contributed by atoms with Gasteiger partial charge in [0.05, 0.1) is 13.2 Å². The first-order valence-electron chi connectivity index (χ1n) is 6.06. The Bertz CT molecular complexity index is 456. The van der Waals surface area contributed by atoms with Gasteiger partial charge in [-0.2, -0.15) is 0 Å². The third-order valence-corrected chi connectivity index (χ3v) is 2.64. The van der Waals surface area contributed by atoms with E-state index in [-0.39, 0.29) is 17.2 Å². The zero-order valence-electron chi connectivity index (χ0n) is 11.5. The van der Waals surface area contributed by atoms with E-state index in [4.69, 9.17) is 14.6 Å². The van der Waals surface area contributed by atoms with Crippen molar-refractivity contribution in [2.75, 3.05) is 40.5 Å². The highest BCUT2D eigenvalue weighted by Gasteiger charge is 2.17. The van der Waals surface area contributed by atoms with E-state index in [9.17, 15) is 9.59 Å². The second-order valence-electron chi connectivity index (χ2n) is 4.01. The Morgan fingerprint density at radius 1 is 1.25 bits per heavy atom. The summed E-state index contributed by atoms with van der Waals surface area (Å²) in [5, 5.41) is 8.89. The molecule has 0 aliphatic carbocycles. The number of pyridine rings is 1. The van der Waals surface area contributed by atoms with E-state index in [0.717, 1.165) is 0 Å². The Morgan fingerprint density at radius 3 is 2.35 bits per heavy atom. The number of carboxylic acids is 1. The van der Waals surface area contributed by atoms with Crippen molar-refractivity contribution in [3.8, 4) is 0 Å². The number of rotatable bonds is 8. The molecule has 1 N–H and O–H groups in total. The van der Waals surface area contributed by atoms with Gasteiger partial charge in [0.15, 0.2) is 0 Å². The number of hydrogen-bond acceptors (Lipinski definition) is 5. The summed E-state index contributed by atoms with van der Waals surface area (Å²) in [6.45, 7) is 1.60. The highest BCUT2D eigenvalue weighted by Crippen LogP contribution is 2.07. The van der Waals surface area contributed by atoms with Crippen LogP contribution in [0.4, 0.5) is 0 Å². The summed E-state index contributed by atoms with van der Waals surface area (Å²) in [5.74, 6) is -1.44. The van der Waals surface area contributed by atoms with Gasteiger partial charge < -0.3 is 19.5 Å². The normalized spacial score (nSPS) is 10.3. The van der Waals surface area contributed by atoms with Crippen LogP contribution in [0.2, 0.25) is 0 Å². The van der Waals surface area contributed by atoms with E-state index in [2.05, 4.69) is 4.98 Å². The molecule has 0 aliphatic heterocycles. The first-order chi connectivity index (χ1) is 9.60. The smallest absolute Gasteiger partial charge is 0.354 e. The van der Waals surface area contributed by atoms with Gasteiger partial charge in [0.2, 0.25) is 0 Å². The van der Waals surface area contributed by atoms with E-state index in [0.29, 0.717) is 26.3 Å². The van der Waals surface area contributed by atoms with Gasteiger partial charge in [0, 0.05) is 39.1 Å². The third kappa shape index (κ3) is 4.60. The molecule has 1 aromatic heterocycles. The van der Waals surface area contributed by atoms with Crippen LogP contribution in [0.15, 0.2) is 18.3 Å². The average molecular weight is 282 g/mol. The maximum atomic E-state index is 12.3. The first kappa shape index (κ1) is 16.1. The minimum atomic E-state index is -1.17. The quantitative estimate of drug-likeness (QED) is 0.747. The first-order valence-corrected chi connectivity index (χ1v) is 6.06. The summed E-state index contributed by atoms with van der Waals surface area (Å²) in [7, 11) is 3.10. The van der Waals surface area contributed by atoms with Gasteiger partial charge in [-0.25, -0.2) is 9.78 Å². The molecule has 0 radical (unpaired) electrons. The number of nitrogens with zero attached hydrogens (tertiary/aromatic N) is 2. The van der Waals surface area contributed by atoms with E-state index in [1.54, 1.807) is 19.1 Å². The van der Waals surface area contributed by atoms with Crippen molar-refractivity contribution in [1.29, 1.82) is 0 Å². The molecule has 0 atom stereocenters. The summed E-state index contributed by atoms with van der Waals surface area (Å²) < 4.78 is 9.92. The van der Waals surface area contributed by atoms with Crippen LogP contribution >= 0.6 is 0 Å². The molecule has 7 heteroatoms. The van der Waals surface area contributed by atoms with Gasteiger partial charge >= 0.3 is 5.97 Å². The molecule has 1 rings (SSSR count). The van der Waals surface area contributed by atoms with Crippen LogP contribution in [-0.4, -0.2) is 67.4 Å². The van der Waals surface area contributed by atoms with Gasteiger partial charge in [-0.1, -0.05) is 0 Å². The van der Waals surface area contributed by atoms with E-state index in [1.807, 2.05) is 0 Å². The summed E-state index contributed by atoms with van der Waals surface area (Å²) in [5.41, 5.74) is 0.124. The van der Waals surface area contributed by atoms with Gasteiger partial charge in [-0.3, -0.25) is 4.79 Å². The van der Waals surface area contributed by atoms with Crippen molar-refractivity contribution < 1.29 is 24.2 Å². The standard InChI is InChI=1S/C13H18N2O5/c1-19-7-5-15(6-8-20-2)12(16)10-3-4-14-11(9-10)13(17)18/h3-4,9H,5-8H2,1-2H3,(H,17,18). The number of amides is 1. The minimum absolute atomic E-state index is 0.158. The molecule has 1 aromatic rings. The number of carbonyl (C=O) groups excluding carboxylic acids is 1. The van der Waals surface area contributed by atoms with Crippen LogP contribution in [-0.2, 0) is 9.47 Å². The van der Waals surface area contributed by atoms with Gasteiger partial charge in [0.1, 0.15) is 5.69 Å². The van der Waals surface area contributed by atoms with Crippen LogP contribution < -0.4 is 0 Å². The summed E-state index contributed by atoms with van der Waals surface area (Å²) in [4.78, 5) is 28.4. The molecular weight excluding hydrogens is 264 g/mol. The molecule has 0 saturated heterocycles. The molecule has 7 nitrogen and oxygen atoms in total. The van der Waals surface area contributed by atoms with E-state index >= 15 is 0 Å². The summed E-state index contributed by atoms with van der Waals surface area (Å²) in [6.07, 6.45) is 1.31. The van der Waals surface area contributed by atoms with Crippen molar-refractivity contribution in [2.45, 2.75) is 0 Å². The van der Waals surface area contributed by atoms with Gasteiger partial charge in [-0.05, 0) is 12.1 Å². The molecular formula is C13H18N2O5. The van der Waals surface area contributed by atoms with Crippen LogP contribution in [0, 0.1) is 0 Å². The summed E-state index contributed by atoms with van der Waals surface area (Å²) >= 11 is 0. The number of carboxylic acid groups (broad SMARTS) is 1. The van der Waals surface area contributed by atoms with Crippen molar-refractivity contribution >= 4 is 11.9 Å². The maximum Gasteiger partial charge on any atom is 0.354 e. The Kier molecular flexibility index (Phi) is 6.61. The van der Waals surface area contributed by atoms with E-state index < -0.39 is 5.97 Å². The lowest BCUT2D eigenvalue weighted by Crippen LogP contribution is -2.36. The molecule has 110 valence electrons. The molecule has 0 aromatic carbocycles. The number of aromatic nitrogens is 1. The van der Waals surface area contributed by atoms with Crippen molar-refractivity contribution in [1.82, 2.24) is 9.88 Å². The average Bonchev–Trinajstić information content (AvgIpc) is 2.47. The molecule has 1 amide bonds. The summed E-state index contributed by atoms with van der Waals surface area (Å²) in [6, 6.07) is 2.75. The fourth-order valence-electron chi connectivity index (χ4n) is 1.58. The van der Waals surface area contributed by atoms with Crippen molar-refractivity contribution in [3.63, 3.8) is 0 Å². The SMILES string of the molecule is COCCN(CCOC)C(=O)c1ccnc(C(=O)O)c1. The molecule has 0 aliphatic rings. The zero-order valence-corrected chi connectivity index (χ0v) is 11.5. The lowest BCUT2D eigenvalue weighted by Gasteiger charge is -2.22. The highest BCUT2D eigenvalue weighted by molar-refractivity contribution is 5.96. The Morgan fingerprint density at radius 2 is 1.85 bits per heavy atom. The lowest BCUT2D eigenvalue weighted by molar-refractivity contribution is 0.0627. The van der Waals surface area contributed by atoms with Crippen LogP contribution in [0.1, 0.15) is 20.8 Å². The number of aromatic carboxylic acids is 1. The lowest BCUT2D eigenvalue weighted by atomic mass is 10.2. The molecule has 20 heavy (non-hydrogen) atoms. The molecule has 1 heterocycles. The van der Waals surface area contributed by atoms with Gasteiger partial charge in [0.25, 0.3) is 5.91 Å². The fourth-order valence-corrected chi connectivity index (χ4v) is 1.58. The number of ether oxygens (including phenoxy) is 2. The highest BCUT2D eigenvalue weighted by atomic mass is 16.5. The second-order valence-corrected chi connectivity index (χ2v) is 4.01. The minimum Gasteiger partial charge on any atom is -0.477 e. The van der Waals surface area contributed by atoms with Crippen LogP contribution in [0.25, 0.3) is 0 Å². The topological polar surface area (TPSA) is 89.0 Å². The van der Waals surface area contributed by atoms with Crippen LogP contribution in [0.3, 0.4) is 0 Å². The third-order valence-electron chi connectivity index (χ3n) is 2.64. The Balaban J connectivity index is 2.86.